The van der Waals surface area contributed by atoms with E-state index in [0.29, 0.717) is 16.1 Å². The molecule has 0 fully saturated rings. The van der Waals surface area contributed by atoms with E-state index < -0.39 is 29.1 Å². The number of hydrogen-bond acceptors (Lipinski definition) is 6. The van der Waals surface area contributed by atoms with Crippen LogP contribution >= 0.6 is 11.3 Å². The van der Waals surface area contributed by atoms with Crippen LogP contribution in [0.1, 0.15) is 20.1 Å². The average molecular weight is 381 g/mol. The Morgan fingerprint density at radius 3 is 2.36 bits per heavy atom. The molecule has 1 heterocycles. The van der Waals surface area contributed by atoms with Crippen LogP contribution in [0, 0.1) is 13.8 Å². The maximum absolute atomic E-state index is 12.0. The molecule has 0 aliphatic rings. The van der Waals surface area contributed by atoms with Crippen LogP contribution < -0.4 is 4.31 Å². The average Bonchev–Trinajstić information content (AvgIpc) is 2.97. The number of esters is 1. The van der Waals surface area contributed by atoms with Crippen LogP contribution in [0.2, 0.25) is 0 Å². The number of carbonyl (C=O) groups excluding carboxylic acids is 2. The highest BCUT2D eigenvalue weighted by molar-refractivity contribution is 7.92. The molecule has 0 saturated carbocycles. The predicted octanol–water partition coefficient (Wildman–Crippen LogP) is 2.56. The number of sulfonamides is 1. The molecule has 8 heteroatoms. The number of rotatable bonds is 7. The van der Waals surface area contributed by atoms with Crippen molar-refractivity contribution in [1.29, 1.82) is 0 Å². The van der Waals surface area contributed by atoms with Gasteiger partial charge in [-0.25, -0.2) is 8.42 Å². The minimum Gasteiger partial charge on any atom is -0.456 e. The zero-order valence-electron chi connectivity index (χ0n) is 14.2. The topological polar surface area (TPSA) is 80.8 Å². The van der Waals surface area contributed by atoms with Gasteiger partial charge in [-0.1, -0.05) is 18.2 Å². The third-order valence-corrected chi connectivity index (χ3v) is 5.60. The van der Waals surface area contributed by atoms with Gasteiger partial charge in [0, 0.05) is 4.88 Å². The van der Waals surface area contributed by atoms with Gasteiger partial charge in [-0.2, -0.15) is 0 Å². The van der Waals surface area contributed by atoms with Crippen molar-refractivity contribution >= 4 is 38.8 Å². The first kappa shape index (κ1) is 19.1. The summed E-state index contributed by atoms with van der Waals surface area (Å²) in [5.74, 6) is -1.09. The number of anilines is 1. The minimum atomic E-state index is -3.67. The van der Waals surface area contributed by atoms with Crippen LogP contribution in [0.4, 0.5) is 5.69 Å². The molecule has 0 atom stereocenters. The maximum atomic E-state index is 12.0. The summed E-state index contributed by atoms with van der Waals surface area (Å²) in [4.78, 5) is 25.5. The molecule has 2 rings (SSSR count). The Bertz CT molecular complexity index is 886. The van der Waals surface area contributed by atoms with E-state index >= 15 is 0 Å². The van der Waals surface area contributed by atoms with Crippen molar-refractivity contribution in [3.8, 4) is 0 Å². The second-order valence-corrected chi connectivity index (χ2v) is 8.74. The van der Waals surface area contributed by atoms with Gasteiger partial charge in [0.25, 0.3) is 0 Å². The zero-order chi connectivity index (χ0) is 18.6. The van der Waals surface area contributed by atoms with E-state index in [-0.39, 0.29) is 5.78 Å². The van der Waals surface area contributed by atoms with Crippen molar-refractivity contribution < 1.29 is 22.7 Å². The first-order valence-electron chi connectivity index (χ1n) is 7.47. The highest BCUT2D eigenvalue weighted by atomic mass is 32.2. The van der Waals surface area contributed by atoms with Crippen LogP contribution in [-0.2, 0) is 19.6 Å². The summed E-state index contributed by atoms with van der Waals surface area (Å²) in [6.45, 7) is 2.73. The van der Waals surface area contributed by atoms with E-state index in [4.69, 9.17) is 4.74 Å². The molecule has 0 amide bonds. The van der Waals surface area contributed by atoms with Gasteiger partial charge in [-0.3, -0.25) is 13.9 Å². The van der Waals surface area contributed by atoms with Crippen molar-refractivity contribution in [2.45, 2.75) is 13.8 Å². The number of carbonyl (C=O) groups is 2. The number of para-hydroxylation sites is 1. The summed E-state index contributed by atoms with van der Waals surface area (Å²) in [5.41, 5.74) is 1.12. The molecule has 0 aliphatic heterocycles. The van der Waals surface area contributed by atoms with Crippen LogP contribution in [0.5, 0.6) is 0 Å². The van der Waals surface area contributed by atoms with E-state index in [2.05, 4.69) is 0 Å². The SMILES string of the molecule is Cc1ccc(C(=O)COC(=O)CN(c2ccccc2C)S(C)(=O)=O)s1. The van der Waals surface area contributed by atoms with E-state index in [1.807, 2.05) is 13.0 Å². The number of benzene rings is 1. The zero-order valence-corrected chi connectivity index (χ0v) is 15.8. The van der Waals surface area contributed by atoms with E-state index in [1.165, 1.54) is 11.3 Å². The summed E-state index contributed by atoms with van der Waals surface area (Å²) in [5, 5.41) is 0. The predicted molar refractivity (Wildman–Crippen MR) is 97.7 cm³/mol. The summed E-state index contributed by atoms with van der Waals surface area (Å²) in [6.07, 6.45) is 1.02. The van der Waals surface area contributed by atoms with E-state index in [1.54, 1.807) is 37.3 Å². The third kappa shape index (κ3) is 5.14. The Morgan fingerprint density at radius 2 is 1.80 bits per heavy atom. The van der Waals surface area contributed by atoms with Gasteiger partial charge in [0.05, 0.1) is 16.8 Å². The molecular formula is C17H19NO5S2. The van der Waals surface area contributed by atoms with Crippen LogP contribution in [0.25, 0.3) is 0 Å². The van der Waals surface area contributed by atoms with Crippen molar-refractivity contribution in [3.63, 3.8) is 0 Å². The number of aryl methyl sites for hydroxylation is 2. The lowest BCUT2D eigenvalue weighted by Crippen LogP contribution is -2.36. The van der Waals surface area contributed by atoms with E-state index in [0.717, 1.165) is 15.4 Å². The normalized spacial score (nSPS) is 11.2. The smallest absolute Gasteiger partial charge is 0.327 e. The molecular weight excluding hydrogens is 362 g/mol. The number of thiophene rings is 1. The Balaban J connectivity index is 2.05. The molecule has 134 valence electrons. The van der Waals surface area contributed by atoms with Crippen LogP contribution in [-0.4, -0.2) is 39.6 Å². The molecule has 2 aromatic rings. The molecule has 0 N–H and O–H groups in total. The highest BCUT2D eigenvalue weighted by Crippen LogP contribution is 2.22. The molecule has 0 aliphatic carbocycles. The summed E-state index contributed by atoms with van der Waals surface area (Å²) in [7, 11) is -3.67. The molecule has 0 spiro atoms. The van der Waals surface area contributed by atoms with Crippen LogP contribution in [0.15, 0.2) is 36.4 Å². The van der Waals surface area contributed by atoms with Gasteiger partial charge in [-0.05, 0) is 37.6 Å². The van der Waals surface area contributed by atoms with Crippen LogP contribution in [0.3, 0.4) is 0 Å². The second kappa shape index (κ2) is 7.79. The summed E-state index contributed by atoms with van der Waals surface area (Å²) in [6, 6.07) is 10.3. The Morgan fingerprint density at radius 1 is 1.12 bits per heavy atom. The van der Waals surface area contributed by atoms with Crippen molar-refractivity contribution in [3.05, 3.63) is 51.7 Å². The molecule has 0 radical (unpaired) electrons. The van der Waals surface area contributed by atoms with Crippen molar-refractivity contribution in [2.75, 3.05) is 23.7 Å². The molecule has 0 bridgehead atoms. The number of Topliss-reactive ketones (excluding diaryl/α,β-unsaturated/α-hetero) is 1. The number of hydrogen-bond donors (Lipinski definition) is 0. The Hall–Kier alpha value is -2.19. The van der Waals surface area contributed by atoms with Crippen molar-refractivity contribution in [2.24, 2.45) is 0 Å². The standard InChI is InChI=1S/C17H19NO5S2/c1-12-6-4-5-7-14(12)18(25(3,21)22)10-17(20)23-11-15(19)16-9-8-13(2)24-16/h4-9H,10-11H2,1-3H3. The van der Waals surface area contributed by atoms with Gasteiger partial charge in [-0.15, -0.1) is 11.3 Å². The lowest BCUT2D eigenvalue weighted by Gasteiger charge is -2.23. The summed E-state index contributed by atoms with van der Waals surface area (Å²) >= 11 is 1.32. The number of nitrogens with zero attached hydrogens (tertiary/aromatic N) is 1. The number of ketones is 1. The van der Waals surface area contributed by atoms with Crippen molar-refractivity contribution in [1.82, 2.24) is 0 Å². The molecule has 1 aromatic carbocycles. The molecule has 25 heavy (non-hydrogen) atoms. The van der Waals surface area contributed by atoms with E-state index in [9.17, 15) is 18.0 Å². The van der Waals surface area contributed by atoms with Gasteiger partial charge in [0.15, 0.2) is 6.61 Å². The first-order chi connectivity index (χ1) is 11.7. The summed E-state index contributed by atoms with van der Waals surface area (Å²) < 4.78 is 30.0. The lowest BCUT2D eigenvalue weighted by atomic mass is 10.2. The Labute approximate surface area is 151 Å². The Kier molecular flexibility index (Phi) is 5.97. The second-order valence-electron chi connectivity index (χ2n) is 5.55. The fourth-order valence-corrected chi connectivity index (χ4v) is 3.88. The quantitative estimate of drug-likeness (QED) is 0.544. The molecule has 0 unspecified atom stereocenters. The molecule has 1 aromatic heterocycles. The first-order valence-corrected chi connectivity index (χ1v) is 10.1. The van der Waals surface area contributed by atoms with Gasteiger partial charge in [0.2, 0.25) is 15.8 Å². The fourth-order valence-electron chi connectivity index (χ4n) is 2.19. The maximum Gasteiger partial charge on any atom is 0.327 e. The van der Waals surface area contributed by atoms with Gasteiger partial charge < -0.3 is 4.74 Å². The molecule has 0 saturated heterocycles. The molecule has 6 nitrogen and oxygen atoms in total. The van der Waals surface area contributed by atoms with Gasteiger partial charge in [0.1, 0.15) is 6.54 Å². The fraction of sp³-hybridized carbons (Fsp3) is 0.294. The minimum absolute atomic E-state index is 0.312. The number of ether oxygens (including phenoxy) is 1. The monoisotopic (exact) mass is 381 g/mol. The lowest BCUT2D eigenvalue weighted by molar-refractivity contribution is -0.140. The third-order valence-electron chi connectivity index (χ3n) is 3.44. The van der Waals surface area contributed by atoms with Gasteiger partial charge >= 0.3 is 5.97 Å². The largest absolute Gasteiger partial charge is 0.456 e. The highest BCUT2D eigenvalue weighted by Gasteiger charge is 2.23.